The van der Waals surface area contributed by atoms with Gasteiger partial charge in [-0.1, -0.05) is 20.8 Å². The number of hydrogen-bond acceptors (Lipinski definition) is 2. The largest absolute Gasteiger partial charge is 0.340 e. The number of aryl methyl sites for hydroxylation is 1. The lowest BCUT2D eigenvalue weighted by molar-refractivity contribution is 0.0750. The molecule has 1 aliphatic rings. The Labute approximate surface area is 115 Å². The van der Waals surface area contributed by atoms with Gasteiger partial charge in [-0.25, -0.2) is 4.98 Å². The van der Waals surface area contributed by atoms with Crippen molar-refractivity contribution in [1.29, 1.82) is 0 Å². The minimum atomic E-state index is 0.0789. The molecule has 0 unspecified atom stereocenters. The summed E-state index contributed by atoms with van der Waals surface area (Å²) in [6, 6.07) is 0. The molecule has 0 N–H and O–H groups in total. The van der Waals surface area contributed by atoms with E-state index in [1.807, 2.05) is 16.5 Å². The van der Waals surface area contributed by atoms with Gasteiger partial charge in [-0.15, -0.1) is 0 Å². The smallest absolute Gasteiger partial charge is 0.274 e. The molecule has 1 atom stereocenters. The molecular weight excluding hydrogens is 238 g/mol. The van der Waals surface area contributed by atoms with Crippen molar-refractivity contribution in [3.8, 4) is 0 Å². The number of hydrogen-bond donors (Lipinski definition) is 0. The number of aromatic nitrogens is 2. The first-order valence-electron chi connectivity index (χ1n) is 7.15. The molecule has 0 radical (unpaired) electrons. The second-order valence-corrected chi connectivity index (χ2v) is 6.71. The second kappa shape index (κ2) is 5.35. The number of amides is 1. The van der Waals surface area contributed by atoms with Gasteiger partial charge in [0, 0.05) is 26.3 Å². The number of carbonyl (C=O) groups is 1. The van der Waals surface area contributed by atoms with Crippen molar-refractivity contribution in [1.82, 2.24) is 14.5 Å². The third-order valence-electron chi connectivity index (χ3n) is 4.16. The van der Waals surface area contributed by atoms with Gasteiger partial charge in [0.25, 0.3) is 5.91 Å². The Morgan fingerprint density at radius 3 is 2.63 bits per heavy atom. The fourth-order valence-corrected chi connectivity index (χ4v) is 2.85. The molecule has 2 heterocycles. The molecule has 4 heteroatoms. The minimum absolute atomic E-state index is 0.0789. The Kier molecular flexibility index (Phi) is 3.97. The predicted octanol–water partition coefficient (Wildman–Crippen LogP) is 2.71. The molecular formula is C15H25N3O. The van der Waals surface area contributed by atoms with E-state index in [0.29, 0.717) is 17.0 Å². The maximum Gasteiger partial charge on any atom is 0.274 e. The zero-order valence-corrected chi connectivity index (χ0v) is 12.5. The predicted molar refractivity (Wildman–Crippen MR) is 75.9 cm³/mol. The molecule has 19 heavy (non-hydrogen) atoms. The lowest BCUT2D eigenvalue weighted by Crippen LogP contribution is -2.32. The molecule has 0 bridgehead atoms. The Balaban J connectivity index is 2.01. The van der Waals surface area contributed by atoms with Crippen LogP contribution >= 0.6 is 0 Å². The molecule has 1 saturated heterocycles. The van der Waals surface area contributed by atoms with Crippen LogP contribution in [0.15, 0.2) is 12.5 Å². The van der Waals surface area contributed by atoms with Gasteiger partial charge < -0.3 is 9.47 Å². The van der Waals surface area contributed by atoms with Crippen LogP contribution < -0.4 is 0 Å². The summed E-state index contributed by atoms with van der Waals surface area (Å²) >= 11 is 0. The fraction of sp³-hybridized carbons (Fsp3) is 0.733. The number of rotatable bonds is 1. The standard InChI is InChI=1S/C15H25N3O/c1-15(2,3)12-6-5-8-18(9-7-12)14(19)13-10-17(4)11-16-13/h10-12H,5-9H2,1-4H3/t12-/m1/s1. The molecule has 0 aliphatic carbocycles. The Morgan fingerprint density at radius 1 is 1.32 bits per heavy atom. The third kappa shape index (κ3) is 3.37. The van der Waals surface area contributed by atoms with Crippen molar-refractivity contribution in [3.63, 3.8) is 0 Å². The van der Waals surface area contributed by atoms with Gasteiger partial charge in [-0.3, -0.25) is 4.79 Å². The van der Waals surface area contributed by atoms with Gasteiger partial charge in [0.2, 0.25) is 0 Å². The van der Waals surface area contributed by atoms with E-state index in [0.717, 1.165) is 25.9 Å². The maximum atomic E-state index is 12.4. The van der Waals surface area contributed by atoms with Crippen LogP contribution in [0, 0.1) is 11.3 Å². The molecule has 0 aromatic carbocycles. The average molecular weight is 263 g/mol. The van der Waals surface area contributed by atoms with Crippen LogP contribution in [0.25, 0.3) is 0 Å². The van der Waals surface area contributed by atoms with Crippen LogP contribution in [-0.2, 0) is 7.05 Å². The van der Waals surface area contributed by atoms with Crippen molar-refractivity contribution in [2.24, 2.45) is 18.4 Å². The number of likely N-dealkylation sites (tertiary alicyclic amines) is 1. The first-order valence-corrected chi connectivity index (χ1v) is 7.15. The molecule has 1 amide bonds. The molecule has 4 nitrogen and oxygen atoms in total. The van der Waals surface area contributed by atoms with E-state index in [4.69, 9.17) is 0 Å². The van der Waals surface area contributed by atoms with E-state index < -0.39 is 0 Å². The summed E-state index contributed by atoms with van der Waals surface area (Å²) in [7, 11) is 1.89. The van der Waals surface area contributed by atoms with Gasteiger partial charge in [-0.2, -0.15) is 0 Å². The molecule has 1 aromatic rings. The summed E-state index contributed by atoms with van der Waals surface area (Å²) in [5.41, 5.74) is 0.904. The second-order valence-electron chi connectivity index (χ2n) is 6.71. The highest BCUT2D eigenvalue weighted by Gasteiger charge is 2.29. The minimum Gasteiger partial charge on any atom is -0.340 e. The van der Waals surface area contributed by atoms with Crippen LogP contribution in [-0.4, -0.2) is 33.4 Å². The summed E-state index contributed by atoms with van der Waals surface area (Å²) in [5.74, 6) is 0.782. The monoisotopic (exact) mass is 263 g/mol. The molecule has 0 spiro atoms. The highest BCUT2D eigenvalue weighted by Crippen LogP contribution is 2.34. The van der Waals surface area contributed by atoms with Gasteiger partial charge in [-0.05, 0) is 30.6 Å². The summed E-state index contributed by atoms with van der Waals surface area (Å²) in [5, 5.41) is 0. The maximum absolute atomic E-state index is 12.4. The van der Waals surface area contributed by atoms with E-state index in [1.165, 1.54) is 6.42 Å². The molecule has 2 rings (SSSR count). The summed E-state index contributed by atoms with van der Waals surface area (Å²) in [4.78, 5) is 18.5. The van der Waals surface area contributed by atoms with Crippen LogP contribution in [0.3, 0.4) is 0 Å². The Bertz CT molecular complexity index is 444. The quantitative estimate of drug-likeness (QED) is 0.781. The highest BCUT2D eigenvalue weighted by atomic mass is 16.2. The lowest BCUT2D eigenvalue weighted by atomic mass is 9.77. The molecule has 106 valence electrons. The topological polar surface area (TPSA) is 38.1 Å². The first-order chi connectivity index (χ1) is 8.88. The number of carbonyl (C=O) groups excluding carboxylic acids is 1. The van der Waals surface area contributed by atoms with Crippen LogP contribution in [0.4, 0.5) is 0 Å². The average Bonchev–Trinajstić information content (AvgIpc) is 2.62. The van der Waals surface area contributed by atoms with Crippen LogP contribution in [0.2, 0.25) is 0 Å². The highest BCUT2D eigenvalue weighted by molar-refractivity contribution is 5.92. The number of nitrogens with zero attached hydrogens (tertiary/aromatic N) is 3. The molecule has 1 aromatic heterocycles. The molecule has 0 saturated carbocycles. The fourth-order valence-electron chi connectivity index (χ4n) is 2.85. The Hall–Kier alpha value is -1.32. The lowest BCUT2D eigenvalue weighted by Gasteiger charge is -2.29. The Morgan fingerprint density at radius 2 is 2.05 bits per heavy atom. The van der Waals surface area contributed by atoms with Gasteiger partial charge in [0.05, 0.1) is 6.33 Å². The molecule has 1 fully saturated rings. The summed E-state index contributed by atoms with van der Waals surface area (Å²) in [6.07, 6.45) is 6.90. The number of imidazole rings is 1. The van der Waals surface area contributed by atoms with Crippen molar-refractivity contribution in [2.75, 3.05) is 13.1 Å². The van der Waals surface area contributed by atoms with Gasteiger partial charge in [0.15, 0.2) is 0 Å². The van der Waals surface area contributed by atoms with Crippen molar-refractivity contribution >= 4 is 5.91 Å². The van der Waals surface area contributed by atoms with E-state index in [-0.39, 0.29) is 5.91 Å². The van der Waals surface area contributed by atoms with Crippen LogP contribution in [0.5, 0.6) is 0 Å². The first kappa shape index (κ1) is 14.1. The van der Waals surface area contributed by atoms with E-state index in [1.54, 1.807) is 12.5 Å². The third-order valence-corrected chi connectivity index (χ3v) is 4.16. The summed E-state index contributed by atoms with van der Waals surface area (Å²) < 4.78 is 1.82. The van der Waals surface area contributed by atoms with Crippen LogP contribution in [0.1, 0.15) is 50.5 Å². The normalized spacial score (nSPS) is 21.3. The SMILES string of the molecule is Cn1cnc(C(=O)N2CCC[C@@H](C(C)(C)C)CC2)c1. The van der Waals surface area contributed by atoms with Crippen molar-refractivity contribution < 1.29 is 4.79 Å². The summed E-state index contributed by atoms with van der Waals surface area (Å²) in [6.45, 7) is 8.62. The van der Waals surface area contributed by atoms with Gasteiger partial charge >= 0.3 is 0 Å². The van der Waals surface area contributed by atoms with E-state index >= 15 is 0 Å². The molecule has 1 aliphatic heterocycles. The van der Waals surface area contributed by atoms with E-state index in [9.17, 15) is 4.79 Å². The zero-order valence-electron chi connectivity index (χ0n) is 12.5. The van der Waals surface area contributed by atoms with Crippen molar-refractivity contribution in [2.45, 2.75) is 40.0 Å². The van der Waals surface area contributed by atoms with E-state index in [2.05, 4.69) is 25.8 Å². The van der Waals surface area contributed by atoms with Gasteiger partial charge in [0.1, 0.15) is 5.69 Å². The zero-order chi connectivity index (χ0) is 14.0. The van der Waals surface area contributed by atoms with Crippen molar-refractivity contribution in [3.05, 3.63) is 18.2 Å².